The SMILES string of the molecule is CC(C)(C)c1c(F)c(F)c(F)c(F)c1F.CC(C)(C)c1ccccc1.CC(C)(C)c1ccccn1.Cc1c(F)c(F)c(C(C)(C)C)c(F)c1F.Cc1ccc(C(C)(C)C)cc1. The molecule has 61 heavy (non-hydrogen) atoms. The van der Waals surface area contributed by atoms with Gasteiger partial charge in [-0.05, 0) is 58.8 Å². The molecule has 0 amide bonds. The van der Waals surface area contributed by atoms with E-state index in [1.165, 1.54) is 58.2 Å². The molecule has 0 bridgehead atoms. The summed E-state index contributed by atoms with van der Waals surface area (Å²) in [5.74, 6) is -14.7. The van der Waals surface area contributed by atoms with Crippen LogP contribution in [-0.4, -0.2) is 4.98 Å². The predicted octanol–water partition coefficient (Wildman–Crippen LogP) is 16.2. The third-order valence-corrected chi connectivity index (χ3v) is 9.18. The smallest absolute Gasteiger partial charge is 0.200 e. The highest BCUT2D eigenvalue weighted by atomic mass is 19.2. The summed E-state index contributed by atoms with van der Waals surface area (Å²) in [7, 11) is 0. The Morgan fingerprint density at radius 2 is 0.656 bits per heavy atom. The summed E-state index contributed by atoms with van der Waals surface area (Å²) in [5.41, 5.74) is 1.94. The number of halogens is 9. The van der Waals surface area contributed by atoms with Crippen LogP contribution in [-0.2, 0) is 27.1 Å². The Hall–Kier alpha value is -4.60. The van der Waals surface area contributed by atoms with E-state index in [1.54, 1.807) is 0 Å². The van der Waals surface area contributed by atoms with E-state index in [-0.39, 0.29) is 10.8 Å². The molecule has 0 N–H and O–H groups in total. The largest absolute Gasteiger partial charge is 0.261 e. The highest BCUT2D eigenvalue weighted by Gasteiger charge is 2.32. The highest BCUT2D eigenvalue weighted by molar-refractivity contribution is 5.34. The summed E-state index contributed by atoms with van der Waals surface area (Å²) >= 11 is 0. The Balaban J connectivity index is 0.000000386. The van der Waals surface area contributed by atoms with Crippen molar-refractivity contribution in [3.63, 3.8) is 0 Å². The molecular formula is C51H64F9N. The van der Waals surface area contributed by atoms with E-state index < -0.39 is 79.9 Å². The lowest BCUT2D eigenvalue weighted by Crippen LogP contribution is -2.20. The molecule has 0 saturated heterocycles. The van der Waals surface area contributed by atoms with E-state index in [0.29, 0.717) is 5.41 Å². The zero-order valence-electron chi connectivity index (χ0n) is 38.9. The average Bonchev–Trinajstić information content (AvgIpc) is 3.14. The molecule has 10 heteroatoms. The Bertz CT molecular complexity index is 1960. The second-order valence-corrected chi connectivity index (χ2v) is 19.9. The van der Waals surface area contributed by atoms with Crippen molar-refractivity contribution in [3.8, 4) is 0 Å². The first-order valence-electron chi connectivity index (χ1n) is 20.0. The number of aryl methyl sites for hydroxylation is 1. The Labute approximate surface area is 358 Å². The minimum atomic E-state index is -2.13. The molecule has 0 aliphatic heterocycles. The van der Waals surface area contributed by atoms with Crippen molar-refractivity contribution < 1.29 is 39.5 Å². The van der Waals surface area contributed by atoms with Crippen molar-refractivity contribution in [1.82, 2.24) is 4.98 Å². The second-order valence-electron chi connectivity index (χ2n) is 19.9. The van der Waals surface area contributed by atoms with Crippen LogP contribution in [0.4, 0.5) is 39.5 Å². The lowest BCUT2D eigenvalue weighted by molar-refractivity contribution is 0.353. The van der Waals surface area contributed by atoms with Crippen LogP contribution in [0.15, 0.2) is 79.0 Å². The fourth-order valence-corrected chi connectivity index (χ4v) is 5.46. The lowest BCUT2D eigenvalue weighted by Gasteiger charge is -2.21. The molecule has 0 aliphatic rings. The van der Waals surface area contributed by atoms with Crippen molar-refractivity contribution in [3.05, 3.63) is 170 Å². The summed E-state index contributed by atoms with van der Waals surface area (Å²) in [6.07, 6.45) is 1.83. The van der Waals surface area contributed by atoms with Gasteiger partial charge in [0.05, 0.1) is 0 Å². The maximum Gasteiger partial charge on any atom is 0.200 e. The van der Waals surface area contributed by atoms with Gasteiger partial charge in [0.2, 0.25) is 5.82 Å². The monoisotopic (exact) mass is 861 g/mol. The number of hydrogen-bond donors (Lipinski definition) is 0. The number of hydrogen-bond acceptors (Lipinski definition) is 1. The first kappa shape index (κ1) is 54.4. The number of nitrogens with zero attached hydrogens (tertiary/aromatic N) is 1. The maximum atomic E-state index is 13.4. The van der Waals surface area contributed by atoms with Crippen LogP contribution in [0.3, 0.4) is 0 Å². The molecule has 5 aromatic rings. The maximum absolute atomic E-state index is 13.4. The first-order valence-corrected chi connectivity index (χ1v) is 20.0. The standard InChI is InChI=1S/C11H12F4.C11H16.C10H9F5.C10H14.C9H13N/c1-5-7(12)9(14)6(11(2,3)4)10(15)8(5)13;1-9-5-7-10(8-6-9)11(2,3)4;1-10(2,3)4-5(11)7(13)9(15)8(14)6(4)12;1-10(2,3)9-7-5-4-6-8-9;1-9(2,3)8-6-4-5-7-10-8/h1-4H3;5-8H,1-4H3;1-3H3;4-8H,1-3H3;4-7H,1-3H3. The number of benzene rings is 4. The zero-order chi connectivity index (χ0) is 47.6. The van der Waals surface area contributed by atoms with Crippen LogP contribution < -0.4 is 0 Å². The number of rotatable bonds is 0. The van der Waals surface area contributed by atoms with Crippen molar-refractivity contribution in [1.29, 1.82) is 0 Å². The van der Waals surface area contributed by atoms with Gasteiger partial charge in [-0.1, -0.05) is 170 Å². The van der Waals surface area contributed by atoms with Crippen LogP contribution in [0.25, 0.3) is 0 Å². The van der Waals surface area contributed by atoms with Gasteiger partial charge in [-0.15, -0.1) is 0 Å². The van der Waals surface area contributed by atoms with E-state index in [9.17, 15) is 39.5 Å². The Kier molecular flexibility index (Phi) is 19.1. The van der Waals surface area contributed by atoms with Gasteiger partial charge in [0.1, 0.15) is 0 Å². The number of pyridine rings is 1. The fraction of sp³-hybridized carbons (Fsp3) is 0.431. The molecule has 336 valence electrons. The third-order valence-electron chi connectivity index (χ3n) is 9.18. The summed E-state index contributed by atoms with van der Waals surface area (Å²) < 4.78 is 118. The van der Waals surface area contributed by atoms with E-state index in [1.807, 2.05) is 18.3 Å². The summed E-state index contributed by atoms with van der Waals surface area (Å²) in [5, 5.41) is 0. The van der Waals surface area contributed by atoms with Gasteiger partial charge in [-0.25, -0.2) is 39.5 Å². The normalized spacial score (nSPS) is 11.8. The van der Waals surface area contributed by atoms with Crippen LogP contribution in [0.1, 0.15) is 143 Å². The van der Waals surface area contributed by atoms with Crippen molar-refractivity contribution in [2.24, 2.45) is 0 Å². The van der Waals surface area contributed by atoms with E-state index in [2.05, 4.69) is 135 Å². The highest BCUT2D eigenvalue weighted by Crippen LogP contribution is 2.34. The van der Waals surface area contributed by atoms with Crippen LogP contribution in [0.5, 0.6) is 0 Å². The van der Waals surface area contributed by atoms with Gasteiger partial charge in [-0.2, -0.15) is 0 Å². The zero-order valence-corrected chi connectivity index (χ0v) is 38.9. The first-order chi connectivity index (χ1) is 27.6. The van der Waals surface area contributed by atoms with E-state index in [4.69, 9.17) is 0 Å². The van der Waals surface area contributed by atoms with Crippen molar-refractivity contribution >= 4 is 0 Å². The van der Waals surface area contributed by atoms with Gasteiger partial charge < -0.3 is 0 Å². The summed E-state index contributed by atoms with van der Waals surface area (Å²) in [4.78, 5) is 4.25. The fourth-order valence-electron chi connectivity index (χ4n) is 5.46. The van der Waals surface area contributed by atoms with Gasteiger partial charge in [-0.3, -0.25) is 4.98 Å². The van der Waals surface area contributed by atoms with Crippen molar-refractivity contribution in [2.45, 2.75) is 145 Å². The van der Waals surface area contributed by atoms with Gasteiger partial charge in [0, 0.05) is 34.0 Å². The third kappa shape index (κ3) is 16.0. The molecule has 1 heterocycles. The molecular weight excluding hydrogens is 798 g/mol. The summed E-state index contributed by atoms with van der Waals surface area (Å²) in [6, 6.07) is 25.3. The topological polar surface area (TPSA) is 12.9 Å². The summed E-state index contributed by atoms with van der Waals surface area (Å²) in [6.45, 7) is 31.5. The quantitative estimate of drug-likeness (QED) is 0.0859. The molecule has 0 saturated carbocycles. The van der Waals surface area contributed by atoms with Crippen LogP contribution in [0.2, 0.25) is 0 Å². The lowest BCUT2D eigenvalue weighted by atomic mass is 9.85. The molecule has 4 aromatic carbocycles. The van der Waals surface area contributed by atoms with Gasteiger partial charge >= 0.3 is 0 Å². The van der Waals surface area contributed by atoms with E-state index in [0.717, 1.165) is 12.6 Å². The molecule has 5 rings (SSSR count). The Morgan fingerprint density at radius 1 is 0.328 bits per heavy atom. The average molecular weight is 862 g/mol. The second kappa shape index (κ2) is 21.5. The molecule has 0 spiro atoms. The predicted molar refractivity (Wildman–Crippen MR) is 233 cm³/mol. The molecule has 0 radical (unpaired) electrons. The molecule has 0 atom stereocenters. The minimum absolute atomic E-state index is 0.182. The number of aromatic nitrogens is 1. The van der Waals surface area contributed by atoms with E-state index >= 15 is 0 Å². The van der Waals surface area contributed by atoms with Gasteiger partial charge in [0.15, 0.2) is 46.5 Å². The van der Waals surface area contributed by atoms with Crippen LogP contribution >= 0.6 is 0 Å². The molecule has 0 fully saturated rings. The molecule has 1 nitrogen and oxygen atoms in total. The van der Waals surface area contributed by atoms with Crippen molar-refractivity contribution in [2.75, 3.05) is 0 Å². The molecule has 0 unspecified atom stereocenters. The molecule has 1 aromatic heterocycles. The molecule has 0 aliphatic carbocycles. The Morgan fingerprint density at radius 3 is 0.934 bits per heavy atom. The van der Waals surface area contributed by atoms with Crippen LogP contribution in [0, 0.1) is 66.2 Å². The van der Waals surface area contributed by atoms with Gasteiger partial charge in [0.25, 0.3) is 0 Å². The minimum Gasteiger partial charge on any atom is -0.261 e.